The summed E-state index contributed by atoms with van der Waals surface area (Å²) in [4.78, 5) is 11.8. The number of ether oxygens (including phenoxy) is 4. The van der Waals surface area contributed by atoms with Crippen molar-refractivity contribution in [2.75, 3.05) is 20.3 Å². The van der Waals surface area contributed by atoms with Gasteiger partial charge in [-0.1, -0.05) is 19.9 Å². The van der Waals surface area contributed by atoms with Gasteiger partial charge in [0.05, 0.1) is 24.7 Å². The molecule has 3 atom stereocenters. The van der Waals surface area contributed by atoms with Crippen LogP contribution < -0.4 is 4.74 Å². The molecule has 1 unspecified atom stereocenters. The van der Waals surface area contributed by atoms with Gasteiger partial charge in [-0.25, -0.2) is 0 Å². The van der Waals surface area contributed by atoms with Crippen LogP contribution in [0, 0.1) is 11.8 Å². The summed E-state index contributed by atoms with van der Waals surface area (Å²) in [6.07, 6.45) is -5.94. The van der Waals surface area contributed by atoms with Gasteiger partial charge in [0.15, 0.2) is 12.4 Å². The molecule has 9 heteroatoms. The van der Waals surface area contributed by atoms with Crippen LogP contribution in [-0.4, -0.2) is 43.8 Å². The number of aliphatic hydroxyl groups is 1. The van der Waals surface area contributed by atoms with Crippen LogP contribution >= 0.6 is 0 Å². The third kappa shape index (κ3) is 6.58. The number of esters is 1. The van der Waals surface area contributed by atoms with Gasteiger partial charge in [0.2, 0.25) is 0 Å². The fourth-order valence-corrected chi connectivity index (χ4v) is 3.03. The van der Waals surface area contributed by atoms with E-state index in [9.17, 15) is 23.1 Å². The fourth-order valence-electron chi connectivity index (χ4n) is 3.03. The molecule has 6 nitrogen and oxygen atoms in total. The standard InChI is InChI=1S/C20H27F3O6/c1-12(2)14-10-17(29-18(14)24)19(25)28-11-13-5-6-15(20(21,22)23)16(9-13)27-8-4-7-26-3/h5-6,9,12,14,17,19,25H,4,7-8,10-11H2,1-3H3/t14-,17?,19+/m0/s1. The molecule has 1 aliphatic rings. The number of rotatable bonds is 10. The number of methoxy groups -OCH3 is 1. The summed E-state index contributed by atoms with van der Waals surface area (Å²) < 4.78 is 60.2. The summed E-state index contributed by atoms with van der Waals surface area (Å²) in [5.41, 5.74) is -0.493. The first-order chi connectivity index (χ1) is 13.6. The van der Waals surface area contributed by atoms with Gasteiger partial charge in [0.1, 0.15) is 5.75 Å². The monoisotopic (exact) mass is 420 g/mol. The fraction of sp³-hybridized carbons (Fsp3) is 0.650. The lowest BCUT2D eigenvalue weighted by Gasteiger charge is -2.19. The van der Waals surface area contributed by atoms with Crippen LogP contribution in [0.4, 0.5) is 13.2 Å². The Hall–Kier alpha value is -1.84. The number of alkyl halides is 3. The Bertz CT molecular complexity index is 677. The predicted octanol–water partition coefficient (Wildman–Crippen LogP) is 3.54. The molecule has 0 spiro atoms. The second kappa shape index (κ2) is 10.3. The van der Waals surface area contributed by atoms with Gasteiger partial charge >= 0.3 is 12.1 Å². The number of halogens is 3. The summed E-state index contributed by atoms with van der Waals surface area (Å²) in [7, 11) is 1.50. The minimum atomic E-state index is -4.56. The first kappa shape index (κ1) is 23.4. The maximum Gasteiger partial charge on any atom is 0.419 e. The first-order valence-electron chi connectivity index (χ1n) is 9.45. The topological polar surface area (TPSA) is 74.2 Å². The lowest BCUT2D eigenvalue weighted by atomic mass is 9.93. The highest BCUT2D eigenvalue weighted by Gasteiger charge is 2.40. The Balaban J connectivity index is 2.00. The number of hydrogen-bond acceptors (Lipinski definition) is 6. The number of carbonyl (C=O) groups excluding carboxylic acids is 1. The Kier molecular flexibility index (Phi) is 8.30. The first-order valence-corrected chi connectivity index (χ1v) is 9.45. The highest BCUT2D eigenvalue weighted by Crippen LogP contribution is 2.37. The molecule has 1 saturated heterocycles. The van der Waals surface area contributed by atoms with Crippen LogP contribution in [0.3, 0.4) is 0 Å². The van der Waals surface area contributed by atoms with Gasteiger partial charge in [0.25, 0.3) is 0 Å². The zero-order chi connectivity index (χ0) is 21.6. The van der Waals surface area contributed by atoms with E-state index in [4.69, 9.17) is 18.9 Å². The Morgan fingerprint density at radius 3 is 2.59 bits per heavy atom. The van der Waals surface area contributed by atoms with Crippen molar-refractivity contribution < 1.29 is 42.0 Å². The molecular formula is C20H27F3O6. The van der Waals surface area contributed by atoms with Gasteiger partial charge < -0.3 is 24.1 Å². The van der Waals surface area contributed by atoms with Crippen molar-refractivity contribution in [3.63, 3.8) is 0 Å². The van der Waals surface area contributed by atoms with Crippen LogP contribution in [0.1, 0.15) is 37.8 Å². The number of cyclic esters (lactones) is 1. The van der Waals surface area contributed by atoms with E-state index in [0.717, 1.165) is 6.07 Å². The molecule has 1 aromatic carbocycles. The van der Waals surface area contributed by atoms with E-state index in [-0.39, 0.29) is 36.8 Å². The number of hydrogen-bond donors (Lipinski definition) is 1. The van der Waals surface area contributed by atoms with Gasteiger partial charge in [0, 0.05) is 26.6 Å². The molecule has 1 heterocycles. The van der Waals surface area contributed by atoms with E-state index in [1.807, 2.05) is 13.8 Å². The highest BCUT2D eigenvalue weighted by molar-refractivity contribution is 5.74. The number of benzene rings is 1. The summed E-state index contributed by atoms with van der Waals surface area (Å²) in [5.74, 6) is -0.922. The SMILES string of the molecule is COCCCOc1cc(CO[C@@H](O)C2C[C@@H](C(C)C)C(=O)O2)ccc1C(F)(F)F. The average Bonchev–Trinajstić information content (AvgIpc) is 3.04. The lowest BCUT2D eigenvalue weighted by molar-refractivity contribution is -0.181. The zero-order valence-electron chi connectivity index (χ0n) is 16.7. The van der Waals surface area contributed by atoms with Crippen LogP contribution in [0.15, 0.2) is 18.2 Å². The van der Waals surface area contributed by atoms with E-state index in [1.165, 1.54) is 19.2 Å². The zero-order valence-corrected chi connectivity index (χ0v) is 16.7. The van der Waals surface area contributed by atoms with Gasteiger partial charge in [-0.3, -0.25) is 4.79 Å². The predicted molar refractivity (Wildman–Crippen MR) is 97.1 cm³/mol. The maximum absolute atomic E-state index is 13.2. The summed E-state index contributed by atoms with van der Waals surface area (Å²) in [6, 6.07) is 3.41. The van der Waals surface area contributed by atoms with Crippen LogP contribution in [0.5, 0.6) is 5.75 Å². The van der Waals surface area contributed by atoms with Crippen molar-refractivity contribution >= 4 is 5.97 Å². The van der Waals surface area contributed by atoms with Gasteiger partial charge in [-0.2, -0.15) is 13.2 Å². The van der Waals surface area contributed by atoms with Crippen LogP contribution in [-0.2, 0) is 31.8 Å². The molecule has 1 N–H and O–H groups in total. The molecule has 2 rings (SSSR count). The van der Waals surface area contributed by atoms with Crippen molar-refractivity contribution in [2.24, 2.45) is 11.8 Å². The Morgan fingerprint density at radius 2 is 2.00 bits per heavy atom. The molecule has 1 fully saturated rings. The van der Waals surface area contributed by atoms with E-state index in [2.05, 4.69) is 0 Å². The average molecular weight is 420 g/mol. The van der Waals surface area contributed by atoms with Gasteiger partial charge in [-0.05, 0) is 23.6 Å². The van der Waals surface area contributed by atoms with E-state index < -0.39 is 24.1 Å². The van der Waals surface area contributed by atoms with E-state index in [0.29, 0.717) is 25.0 Å². The summed E-state index contributed by atoms with van der Waals surface area (Å²) in [5, 5.41) is 10.2. The van der Waals surface area contributed by atoms with Crippen LogP contribution in [0.2, 0.25) is 0 Å². The number of aliphatic hydroxyl groups excluding tert-OH is 1. The highest BCUT2D eigenvalue weighted by atomic mass is 19.4. The maximum atomic E-state index is 13.2. The Morgan fingerprint density at radius 1 is 1.28 bits per heavy atom. The minimum Gasteiger partial charge on any atom is -0.493 e. The van der Waals surface area contributed by atoms with Crippen molar-refractivity contribution in [1.82, 2.24) is 0 Å². The van der Waals surface area contributed by atoms with E-state index in [1.54, 1.807) is 0 Å². The second-order valence-electron chi connectivity index (χ2n) is 7.29. The second-order valence-corrected chi connectivity index (χ2v) is 7.29. The molecule has 0 aliphatic carbocycles. The van der Waals surface area contributed by atoms with Crippen molar-refractivity contribution in [3.8, 4) is 5.75 Å². The molecule has 0 aromatic heterocycles. The summed E-state index contributed by atoms with van der Waals surface area (Å²) in [6.45, 7) is 4.05. The molecule has 29 heavy (non-hydrogen) atoms. The minimum absolute atomic E-state index is 0.0679. The third-order valence-corrected chi connectivity index (χ3v) is 4.70. The quantitative estimate of drug-likeness (QED) is 0.355. The molecule has 164 valence electrons. The van der Waals surface area contributed by atoms with Gasteiger partial charge in [-0.15, -0.1) is 0 Å². The lowest BCUT2D eigenvalue weighted by Crippen LogP contribution is -2.28. The normalized spacial score (nSPS) is 20.8. The third-order valence-electron chi connectivity index (χ3n) is 4.70. The molecular weight excluding hydrogens is 393 g/mol. The Labute approximate surface area is 167 Å². The molecule has 1 aliphatic heterocycles. The molecule has 0 radical (unpaired) electrons. The number of carbonyl (C=O) groups is 1. The van der Waals surface area contributed by atoms with E-state index >= 15 is 0 Å². The molecule has 0 amide bonds. The van der Waals surface area contributed by atoms with Crippen molar-refractivity contribution in [3.05, 3.63) is 29.3 Å². The van der Waals surface area contributed by atoms with Crippen molar-refractivity contribution in [1.29, 1.82) is 0 Å². The smallest absolute Gasteiger partial charge is 0.419 e. The largest absolute Gasteiger partial charge is 0.493 e. The molecule has 0 bridgehead atoms. The van der Waals surface area contributed by atoms with Crippen molar-refractivity contribution in [2.45, 2.75) is 51.9 Å². The molecule has 0 saturated carbocycles. The molecule has 1 aromatic rings. The summed E-state index contributed by atoms with van der Waals surface area (Å²) >= 11 is 0. The van der Waals surface area contributed by atoms with Crippen LogP contribution in [0.25, 0.3) is 0 Å².